The number of nitrogens with one attached hydrogen (secondary N) is 2. The largest absolute Gasteiger partial charge is 0.447 e. The average molecular weight is 544 g/mol. The molecule has 198 valence electrons. The van der Waals surface area contributed by atoms with Gasteiger partial charge in [-0.15, -0.1) is 11.3 Å². The molecule has 2 aliphatic carbocycles. The van der Waals surface area contributed by atoms with E-state index in [1.807, 2.05) is 39.2 Å². The number of benzene rings is 1. The molecule has 2 aromatic heterocycles. The topological polar surface area (TPSA) is 115 Å². The van der Waals surface area contributed by atoms with Crippen molar-refractivity contribution in [2.24, 2.45) is 7.05 Å². The lowest BCUT2D eigenvalue weighted by Crippen LogP contribution is -2.38. The monoisotopic (exact) mass is 543 g/mol. The van der Waals surface area contributed by atoms with Gasteiger partial charge in [-0.25, -0.2) is 18.2 Å². The molecule has 5 rings (SSSR count). The van der Waals surface area contributed by atoms with Crippen molar-refractivity contribution in [1.82, 2.24) is 20.1 Å². The number of carbonyl (C=O) groups is 1. The molecule has 1 amide bonds. The average Bonchev–Trinajstić information content (AvgIpc) is 3.48. The highest BCUT2D eigenvalue weighted by Gasteiger charge is 2.39. The van der Waals surface area contributed by atoms with Gasteiger partial charge in [0.05, 0.1) is 38.0 Å². The number of sulfone groups is 1. The second kappa shape index (κ2) is 10.4. The van der Waals surface area contributed by atoms with Crippen LogP contribution >= 0.6 is 11.3 Å². The zero-order valence-corrected chi connectivity index (χ0v) is 22.9. The Bertz CT molecular complexity index is 1370. The van der Waals surface area contributed by atoms with Crippen LogP contribution in [-0.2, 0) is 21.6 Å². The lowest BCUT2D eigenvalue weighted by Gasteiger charge is -2.28. The highest BCUT2D eigenvalue weighted by molar-refractivity contribution is 7.92. The van der Waals surface area contributed by atoms with E-state index in [9.17, 15) is 13.2 Å². The zero-order chi connectivity index (χ0) is 26.2. The number of hydrogen-bond donors (Lipinski definition) is 2. The first-order valence-corrected chi connectivity index (χ1v) is 15.1. The first-order valence-electron chi connectivity index (χ1n) is 12.8. The summed E-state index contributed by atoms with van der Waals surface area (Å²) in [6.07, 6.45) is 9.83. The van der Waals surface area contributed by atoms with E-state index in [1.165, 1.54) is 0 Å². The molecule has 0 saturated heterocycles. The van der Waals surface area contributed by atoms with Crippen molar-refractivity contribution in [3.05, 3.63) is 41.8 Å². The third kappa shape index (κ3) is 5.98. The maximum Gasteiger partial charge on any atom is 0.407 e. The van der Waals surface area contributed by atoms with Gasteiger partial charge in [0.2, 0.25) is 0 Å². The van der Waals surface area contributed by atoms with E-state index in [1.54, 1.807) is 34.5 Å². The summed E-state index contributed by atoms with van der Waals surface area (Å²) in [4.78, 5) is 17.8. The minimum absolute atomic E-state index is 0.108. The normalized spacial score (nSPS) is 20.1. The molecule has 1 aromatic carbocycles. The van der Waals surface area contributed by atoms with Gasteiger partial charge in [0.1, 0.15) is 0 Å². The minimum atomic E-state index is -3.43. The quantitative estimate of drug-likeness (QED) is 0.392. The van der Waals surface area contributed by atoms with Crippen LogP contribution in [-0.4, -0.2) is 46.7 Å². The number of nitrogens with zero attached hydrogens (tertiary/aromatic N) is 3. The van der Waals surface area contributed by atoms with Crippen molar-refractivity contribution in [3.63, 3.8) is 0 Å². The maximum atomic E-state index is 13.4. The van der Waals surface area contributed by atoms with Crippen molar-refractivity contribution in [3.8, 4) is 10.4 Å². The van der Waals surface area contributed by atoms with Crippen LogP contribution in [0.15, 0.2) is 41.7 Å². The van der Waals surface area contributed by atoms with Gasteiger partial charge >= 0.3 is 6.09 Å². The SMILES string of the molecule is CC(C)OC(=O)NC1CCC(c2ncc(-c3ccc(Nc4cnn(C)c4)cc3S(=O)(=O)C3CC3)s2)CC1. The summed E-state index contributed by atoms with van der Waals surface area (Å²) in [5.41, 5.74) is 2.22. The van der Waals surface area contributed by atoms with Crippen molar-refractivity contribution >= 4 is 38.6 Å². The highest BCUT2D eigenvalue weighted by Crippen LogP contribution is 2.43. The molecule has 9 nitrogen and oxygen atoms in total. The molecule has 2 N–H and O–H groups in total. The van der Waals surface area contributed by atoms with Gasteiger partial charge in [-0.1, -0.05) is 6.07 Å². The molecule has 0 unspecified atom stereocenters. The van der Waals surface area contributed by atoms with Gasteiger partial charge in [0.15, 0.2) is 9.84 Å². The third-order valence-corrected chi connectivity index (χ3v) is 10.3. The van der Waals surface area contributed by atoms with Crippen LogP contribution in [0.3, 0.4) is 0 Å². The van der Waals surface area contributed by atoms with Gasteiger partial charge in [-0.2, -0.15) is 5.10 Å². The molecular formula is C26H33N5O4S2. The van der Waals surface area contributed by atoms with Crippen molar-refractivity contribution < 1.29 is 17.9 Å². The summed E-state index contributed by atoms with van der Waals surface area (Å²) in [6, 6.07) is 5.63. The van der Waals surface area contributed by atoms with Crippen LogP contribution in [0.5, 0.6) is 0 Å². The van der Waals surface area contributed by atoms with E-state index < -0.39 is 9.84 Å². The third-order valence-electron chi connectivity index (χ3n) is 6.78. The lowest BCUT2D eigenvalue weighted by atomic mass is 9.86. The smallest absolute Gasteiger partial charge is 0.407 e. The molecule has 2 aliphatic rings. The molecule has 0 aliphatic heterocycles. The molecule has 37 heavy (non-hydrogen) atoms. The summed E-state index contributed by atoms with van der Waals surface area (Å²) < 4.78 is 33.7. The number of aromatic nitrogens is 3. The van der Waals surface area contributed by atoms with Gasteiger partial charge in [0, 0.05) is 42.7 Å². The summed E-state index contributed by atoms with van der Waals surface area (Å²) in [6.45, 7) is 3.67. The Hall–Kier alpha value is -2.92. The number of ether oxygens (including phenoxy) is 1. The van der Waals surface area contributed by atoms with E-state index in [0.717, 1.165) is 41.3 Å². The predicted molar refractivity (Wildman–Crippen MR) is 144 cm³/mol. The number of hydrogen-bond acceptors (Lipinski definition) is 8. The second-order valence-electron chi connectivity index (χ2n) is 10.2. The Morgan fingerprint density at radius 2 is 1.86 bits per heavy atom. The van der Waals surface area contributed by atoms with Crippen LogP contribution < -0.4 is 10.6 Å². The standard InChI is InChI=1S/C26H33N5O4S2/c1-16(2)35-26(32)30-18-6-4-17(5-7-18)25-27-14-23(36-25)22-11-8-19(29-20-13-28-31(3)15-20)12-24(22)37(33,34)21-9-10-21/h8,11-18,21,29H,4-7,9-10H2,1-3H3,(H,30,32). The molecule has 0 atom stereocenters. The van der Waals surface area contributed by atoms with Crippen LogP contribution in [0.2, 0.25) is 0 Å². The first kappa shape index (κ1) is 25.7. The predicted octanol–water partition coefficient (Wildman–Crippen LogP) is 5.38. The number of aryl methyl sites for hydroxylation is 1. The lowest BCUT2D eigenvalue weighted by molar-refractivity contribution is 0.109. The van der Waals surface area contributed by atoms with Gasteiger partial charge < -0.3 is 15.4 Å². The van der Waals surface area contributed by atoms with Gasteiger partial charge in [-0.3, -0.25) is 4.68 Å². The fourth-order valence-corrected chi connectivity index (χ4v) is 7.83. The van der Waals surface area contributed by atoms with E-state index in [2.05, 4.69) is 15.7 Å². The Balaban J connectivity index is 1.33. The van der Waals surface area contributed by atoms with E-state index in [4.69, 9.17) is 9.72 Å². The van der Waals surface area contributed by atoms with Crippen LogP contribution in [0.25, 0.3) is 10.4 Å². The Kier molecular flexibility index (Phi) is 7.26. The minimum Gasteiger partial charge on any atom is -0.447 e. The van der Waals surface area contributed by atoms with Crippen LogP contribution in [0.1, 0.15) is 63.3 Å². The van der Waals surface area contributed by atoms with Crippen LogP contribution in [0, 0.1) is 0 Å². The number of alkyl carbamates (subject to hydrolysis) is 1. The fourth-order valence-electron chi connectivity index (χ4n) is 4.75. The van der Waals surface area contributed by atoms with Crippen molar-refractivity contribution in [2.75, 3.05) is 5.32 Å². The molecule has 2 heterocycles. The molecule has 0 bridgehead atoms. The number of rotatable bonds is 8. The Labute approximate surface area is 221 Å². The maximum absolute atomic E-state index is 13.4. The fraction of sp³-hybridized carbons (Fsp3) is 0.500. The zero-order valence-electron chi connectivity index (χ0n) is 21.3. The summed E-state index contributed by atoms with van der Waals surface area (Å²) in [7, 11) is -1.60. The molecule has 2 fully saturated rings. The molecule has 0 spiro atoms. The summed E-state index contributed by atoms with van der Waals surface area (Å²) in [5, 5.41) is 11.1. The number of amides is 1. The number of thiazole rings is 1. The summed E-state index contributed by atoms with van der Waals surface area (Å²) in [5.74, 6) is 0.299. The summed E-state index contributed by atoms with van der Waals surface area (Å²) >= 11 is 1.57. The highest BCUT2D eigenvalue weighted by atomic mass is 32.2. The van der Waals surface area contributed by atoms with Gasteiger partial charge in [-0.05, 0) is 64.5 Å². The molecule has 11 heteroatoms. The molecule has 2 saturated carbocycles. The van der Waals surface area contributed by atoms with Crippen molar-refractivity contribution in [2.45, 2.75) is 80.6 Å². The van der Waals surface area contributed by atoms with Gasteiger partial charge in [0.25, 0.3) is 0 Å². The van der Waals surface area contributed by atoms with E-state index >= 15 is 0 Å². The molecule has 0 radical (unpaired) electrons. The van der Waals surface area contributed by atoms with Crippen molar-refractivity contribution in [1.29, 1.82) is 0 Å². The Morgan fingerprint density at radius 3 is 2.51 bits per heavy atom. The number of carbonyl (C=O) groups excluding carboxylic acids is 1. The molecular weight excluding hydrogens is 510 g/mol. The number of anilines is 2. The Morgan fingerprint density at radius 1 is 1.11 bits per heavy atom. The van der Waals surface area contributed by atoms with Crippen LogP contribution in [0.4, 0.5) is 16.2 Å². The van der Waals surface area contributed by atoms with E-state index in [-0.39, 0.29) is 23.5 Å². The van der Waals surface area contributed by atoms with E-state index in [0.29, 0.717) is 34.9 Å². The first-order chi connectivity index (χ1) is 17.7. The molecule has 3 aromatic rings. The second-order valence-corrected chi connectivity index (χ2v) is 13.5.